The molecule has 0 N–H and O–H groups in total. The van der Waals surface area contributed by atoms with Crippen molar-refractivity contribution in [3.8, 4) is 17.3 Å². The van der Waals surface area contributed by atoms with Crippen LogP contribution in [-0.2, 0) is 6.54 Å². The highest BCUT2D eigenvalue weighted by atomic mass is 35.5. The van der Waals surface area contributed by atoms with Crippen LogP contribution in [0.4, 0.5) is 5.82 Å². The summed E-state index contributed by atoms with van der Waals surface area (Å²) in [5.74, 6) is 0.660. The number of halogens is 1. The maximum Gasteiger partial charge on any atom is 0.189 e. The molecule has 0 aliphatic carbocycles. The van der Waals surface area contributed by atoms with E-state index < -0.39 is 0 Å². The SMILES string of the molecule is CCN(Cc1ccccc1)c1nc(SC)nc(-c2ccc(Cl)cc2)c1C#N. The first-order chi connectivity index (χ1) is 13.2. The maximum absolute atomic E-state index is 9.90. The lowest BCUT2D eigenvalue weighted by atomic mass is 10.1. The molecular weight excluding hydrogens is 376 g/mol. The average Bonchev–Trinajstić information content (AvgIpc) is 2.72. The number of nitriles is 1. The van der Waals surface area contributed by atoms with Crippen molar-refractivity contribution >= 4 is 29.2 Å². The van der Waals surface area contributed by atoms with Crippen molar-refractivity contribution in [1.82, 2.24) is 9.97 Å². The van der Waals surface area contributed by atoms with Crippen molar-refractivity contribution in [2.45, 2.75) is 18.6 Å². The second kappa shape index (κ2) is 8.90. The second-order valence-electron chi connectivity index (χ2n) is 5.88. The second-order valence-corrected chi connectivity index (χ2v) is 7.09. The Bertz CT molecular complexity index is 952. The van der Waals surface area contributed by atoms with Crippen molar-refractivity contribution in [3.05, 3.63) is 70.7 Å². The van der Waals surface area contributed by atoms with Gasteiger partial charge >= 0.3 is 0 Å². The normalized spacial score (nSPS) is 10.4. The van der Waals surface area contributed by atoms with Crippen LogP contribution in [-0.4, -0.2) is 22.8 Å². The maximum atomic E-state index is 9.90. The van der Waals surface area contributed by atoms with Crippen LogP contribution in [0.3, 0.4) is 0 Å². The summed E-state index contributed by atoms with van der Waals surface area (Å²) >= 11 is 7.48. The predicted octanol–water partition coefficient (Wildman–Crippen LogP) is 5.42. The molecule has 0 aliphatic heterocycles. The number of rotatable bonds is 6. The summed E-state index contributed by atoms with van der Waals surface area (Å²) in [4.78, 5) is 11.4. The molecule has 0 radical (unpaired) electrons. The molecule has 4 nitrogen and oxygen atoms in total. The van der Waals surface area contributed by atoms with Crippen LogP contribution in [0, 0.1) is 11.3 Å². The standard InChI is InChI=1S/C21H19ClN4S/c1-3-26(14-15-7-5-4-6-8-15)20-18(13-23)19(24-21(25-20)27-2)16-9-11-17(22)12-10-16/h4-12H,3,14H2,1-2H3. The predicted molar refractivity (Wildman–Crippen MR) is 112 cm³/mol. The summed E-state index contributed by atoms with van der Waals surface area (Å²) < 4.78 is 0. The molecule has 1 aromatic heterocycles. The van der Waals surface area contributed by atoms with Crippen LogP contribution < -0.4 is 4.90 Å². The topological polar surface area (TPSA) is 52.8 Å². The molecule has 0 spiro atoms. The first-order valence-corrected chi connectivity index (χ1v) is 10.2. The number of aromatic nitrogens is 2. The molecule has 136 valence electrons. The van der Waals surface area contributed by atoms with Crippen molar-refractivity contribution in [2.75, 3.05) is 17.7 Å². The van der Waals surface area contributed by atoms with Gasteiger partial charge in [-0.2, -0.15) is 5.26 Å². The van der Waals surface area contributed by atoms with Crippen molar-refractivity contribution < 1.29 is 0 Å². The Morgan fingerprint density at radius 2 is 1.78 bits per heavy atom. The molecule has 3 rings (SSSR count). The number of hydrogen-bond acceptors (Lipinski definition) is 5. The number of thioether (sulfide) groups is 1. The van der Waals surface area contributed by atoms with Crippen molar-refractivity contribution in [1.29, 1.82) is 5.26 Å². The van der Waals surface area contributed by atoms with Gasteiger partial charge in [0.1, 0.15) is 11.6 Å². The number of nitrogens with zero attached hydrogens (tertiary/aromatic N) is 4. The molecule has 0 fully saturated rings. The molecule has 1 heterocycles. The monoisotopic (exact) mass is 394 g/mol. The summed E-state index contributed by atoms with van der Waals surface area (Å²) in [7, 11) is 0. The van der Waals surface area contributed by atoms with Crippen molar-refractivity contribution in [2.24, 2.45) is 0 Å². The molecular formula is C21H19ClN4S. The van der Waals surface area contributed by atoms with Gasteiger partial charge in [0, 0.05) is 23.7 Å². The fraction of sp³-hybridized carbons (Fsp3) is 0.190. The Morgan fingerprint density at radius 3 is 2.37 bits per heavy atom. The fourth-order valence-corrected chi connectivity index (χ4v) is 3.30. The largest absolute Gasteiger partial charge is 0.351 e. The van der Waals surface area contributed by atoms with E-state index in [-0.39, 0.29) is 0 Å². The zero-order valence-corrected chi connectivity index (χ0v) is 16.8. The zero-order valence-electron chi connectivity index (χ0n) is 15.2. The molecule has 2 aromatic carbocycles. The van der Waals surface area contributed by atoms with Crippen LogP contribution in [0.2, 0.25) is 5.02 Å². The Kier molecular flexibility index (Phi) is 6.33. The van der Waals surface area contributed by atoms with E-state index >= 15 is 0 Å². The number of hydrogen-bond donors (Lipinski definition) is 0. The van der Waals surface area contributed by atoms with Crippen LogP contribution in [0.1, 0.15) is 18.1 Å². The lowest BCUT2D eigenvalue weighted by Gasteiger charge is -2.24. The molecule has 0 amide bonds. The molecule has 27 heavy (non-hydrogen) atoms. The van der Waals surface area contributed by atoms with E-state index in [1.807, 2.05) is 36.6 Å². The summed E-state index contributed by atoms with van der Waals surface area (Å²) in [6.45, 7) is 3.47. The minimum atomic E-state index is 0.480. The van der Waals surface area contributed by atoms with Gasteiger partial charge in [0.15, 0.2) is 11.0 Å². The average molecular weight is 395 g/mol. The van der Waals surface area contributed by atoms with Gasteiger partial charge in [-0.25, -0.2) is 9.97 Å². The third kappa shape index (κ3) is 4.41. The third-order valence-corrected chi connectivity index (χ3v) is 4.98. The van der Waals surface area contributed by atoms with Gasteiger partial charge in [-0.15, -0.1) is 0 Å². The van der Waals surface area contributed by atoms with Gasteiger partial charge in [0.2, 0.25) is 0 Å². The van der Waals surface area contributed by atoms with Crippen LogP contribution in [0.5, 0.6) is 0 Å². The first kappa shape index (κ1) is 19.2. The smallest absolute Gasteiger partial charge is 0.189 e. The number of anilines is 1. The summed E-state index contributed by atoms with van der Waals surface area (Å²) in [6.07, 6.45) is 1.93. The fourth-order valence-electron chi connectivity index (χ4n) is 2.81. The van der Waals surface area contributed by atoms with E-state index in [4.69, 9.17) is 11.6 Å². The zero-order chi connectivity index (χ0) is 19.2. The molecule has 0 saturated carbocycles. The highest BCUT2D eigenvalue weighted by molar-refractivity contribution is 7.98. The van der Waals surface area contributed by atoms with Crippen LogP contribution in [0.15, 0.2) is 59.8 Å². The van der Waals surface area contributed by atoms with Gasteiger partial charge < -0.3 is 4.90 Å². The van der Waals surface area contributed by atoms with Crippen LogP contribution >= 0.6 is 23.4 Å². The van der Waals surface area contributed by atoms with Gasteiger partial charge in [-0.1, -0.05) is 65.8 Å². The minimum Gasteiger partial charge on any atom is -0.351 e. The van der Waals surface area contributed by atoms with E-state index in [2.05, 4.69) is 40.0 Å². The first-order valence-electron chi connectivity index (χ1n) is 8.57. The van der Waals surface area contributed by atoms with Gasteiger partial charge in [-0.3, -0.25) is 0 Å². The third-order valence-electron chi connectivity index (χ3n) is 4.18. The Morgan fingerprint density at radius 1 is 1.07 bits per heavy atom. The highest BCUT2D eigenvalue weighted by Crippen LogP contribution is 2.31. The highest BCUT2D eigenvalue weighted by Gasteiger charge is 2.20. The Hall–Kier alpha value is -2.55. The molecule has 0 bridgehead atoms. The minimum absolute atomic E-state index is 0.480. The van der Waals surface area contributed by atoms with Gasteiger partial charge in [0.05, 0.1) is 5.69 Å². The lowest BCUT2D eigenvalue weighted by Crippen LogP contribution is -2.25. The van der Waals surface area contributed by atoms with Crippen molar-refractivity contribution in [3.63, 3.8) is 0 Å². The molecule has 3 aromatic rings. The lowest BCUT2D eigenvalue weighted by molar-refractivity contribution is 0.791. The number of benzene rings is 2. The van der Waals surface area contributed by atoms with E-state index in [1.54, 1.807) is 12.1 Å². The van der Waals surface area contributed by atoms with E-state index in [1.165, 1.54) is 17.3 Å². The quantitative estimate of drug-likeness (QED) is 0.413. The van der Waals surface area contributed by atoms with E-state index in [0.717, 1.165) is 12.1 Å². The Labute approximate surface area is 168 Å². The summed E-state index contributed by atoms with van der Waals surface area (Å²) in [5.41, 5.74) is 3.13. The molecule has 0 aliphatic rings. The molecule has 0 atom stereocenters. The van der Waals surface area contributed by atoms with Gasteiger partial charge in [0.25, 0.3) is 0 Å². The van der Waals surface area contributed by atoms with Crippen LogP contribution in [0.25, 0.3) is 11.3 Å². The molecule has 0 unspecified atom stereocenters. The molecule has 6 heteroatoms. The summed E-state index contributed by atoms with van der Waals surface area (Å²) in [5, 5.41) is 11.2. The van der Waals surface area contributed by atoms with Gasteiger partial charge in [-0.05, 0) is 30.9 Å². The Balaban J connectivity index is 2.12. The van der Waals surface area contributed by atoms with E-state index in [9.17, 15) is 5.26 Å². The molecule has 0 saturated heterocycles. The van der Waals surface area contributed by atoms with E-state index in [0.29, 0.717) is 33.8 Å². The summed E-state index contributed by atoms with van der Waals surface area (Å²) in [6, 6.07) is 19.9.